The van der Waals surface area contributed by atoms with Crippen molar-refractivity contribution in [1.29, 1.82) is 0 Å². The molecule has 0 saturated carbocycles. The standard InChI is InChI=1S/C35H47N9O5S/c1-34(2,3)42-50(46,47)26-13-11-24(12-14-26)39-32-40-29(30-31(41-32)44(22-37-30)28-9-7-8-20-48-28)23-10-15-27(36-21-23)38-25-16-18-43(19-17-25)33(45)49-35(4,5)6/h10-15,21-22,25,28,42H,7-9,16-20H2,1-6H3,(H,36,38)(H,39,40,41). The van der Waals surface area contributed by atoms with Crippen molar-refractivity contribution in [3.63, 3.8) is 0 Å². The van der Waals surface area contributed by atoms with Crippen molar-refractivity contribution in [3.8, 4) is 11.3 Å². The first kappa shape index (κ1) is 35.5. The Morgan fingerprint density at radius 1 is 0.940 bits per heavy atom. The topological polar surface area (TPSA) is 165 Å². The molecule has 1 amide bonds. The molecule has 0 aliphatic carbocycles. The molecule has 1 atom stereocenters. The average Bonchev–Trinajstić information content (AvgIpc) is 3.48. The Morgan fingerprint density at radius 2 is 1.68 bits per heavy atom. The molecule has 2 saturated heterocycles. The van der Waals surface area contributed by atoms with Gasteiger partial charge in [-0.1, -0.05) is 0 Å². The molecule has 0 radical (unpaired) electrons. The van der Waals surface area contributed by atoms with Gasteiger partial charge in [-0.05, 0) is 110 Å². The monoisotopic (exact) mass is 705 g/mol. The van der Waals surface area contributed by atoms with Crippen LogP contribution in [0.25, 0.3) is 22.4 Å². The first-order valence-electron chi connectivity index (χ1n) is 17.1. The first-order chi connectivity index (χ1) is 23.6. The molecule has 2 aliphatic heterocycles. The van der Waals surface area contributed by atoms with Gasteiger partial charge in [-0.25, -0.2) is 32.9 Å². The molecule has 268 valence electrons. The van der Waals surface area contributed by atoms with Crippen molar-refractivity contribution in [2.75, 3.05) is 30.3 Å². The summed E-state index contributed by atoms with van der Waals surface area (Å²) in [7, 11) is -3.68. The minimum absolute atomic E-state index is 0.163. The highest BCUT2D eigenvalue weighted by molar-refractivity contribution is 7.89. The van der Waals surface area contributed by atoms with Crippen LogP contribution in [0.15, 0.2) is 53.8 Å². The first-order valence-corrected chi connectivity index (χ1v) is 18.6. The number of nitrogens with zero attached hydrogens (tertiary/aromatic N) is 6. The minimum Gasteiger partial charge on any atom is -0.444 e. The fraction of sp³-hybridized carbons (Fsp3) is 0.514. The van der Waals surface area contributed by atoms with Crippen LogP contribution in [0.5, 0.6) is 0 Å². The van der Waals surface area contributed by atoms with Gasteiger partial charge in [0.1, 0.15) is 28.9 Å². The number of ether oxygens (including phenoxy) is 2. The molecule has 2 aliphatic rings. The van der Waals surface area contributed by atoms with E-state index in [1.165, 1.54) is 0 Å². The second-order valence-corrected chi connectivity index (χ2v) is 16.5. The van der Waals surface area contributed by atoms with Crippen molar-refractivity contribution in [3.05, 3.63) is 48.9 Å². The lowest BCUT2D eigenvalue weighted by molar-refractivity contribution is -0.0298. The lowest BCUT2D eigenvalue weighted by Gasteiger charge is -2.33. The molecular formula is C35H47N9O5S. The number of carbonyl (C=O) groups is 1. The van der Waals surface area contributed by atoms with Crippen LogP contribution >= 0.6 is 0 Å². The number of aromatic nitrogens is 5. The van der Waals surface area contributed by atoms with Gasteiger partial charge < -0.3 is 25.0 Å². The molecule has 1 unspecified atom stereocenters. The number of amides is 1. The Morgan fingerprint density at radius 3 is 2.30 bits per heavy atom. The second-order valence-electron chi connectivity index (χ2n) is 14.9. The van der Waals surface area contributed by atoms with Crippen LogP contribution in [0.3, 0.4) is 0 Å². The zero-order chi connectivity index (χ0) is 35.7. The van der Waals surface area contributed by atoms with E-state index in [1.54, 1.807) is 62.5 Å². The number of likely N-dealkylation sites (tertiary alicyclic amines) is 1. The van der Waals surface area contributed by atoms with Gasteiger partial charge in [0, 0.05) is 48.7 Å². The summed E-state index contributed by atoms with van der Waals surface area (Å²) >= 11 is 0. The second kappa shape index (κ2) is 14.1. The highest BCUT2D eigenvalue weighted by Gasteiger charge is 2.28. The fourth-order valence-electron chi connectivity index (χ4n) is 6.00. The normalized spacial score (nSPS) is 17.9. The van der Waals surface area contributed by atoms with E-state index in [2.05, 4.69) is 15.4 Å². The number of hydrogen-bond donors (Lipinski definition) is 3. The van der Waals surface area contributed by atoms with E-state index in [-0.39, 0.29) is 23.3 Å². The molecule has 5 heterocycles. The number of fused-ring (bicyclic) bond motifs is 1. The van der Waals surface area contributed by atoms with E-state index in [0.29, 0.717) is 48.2 Å². The average molecular weight is 706 g/mol. The smallest absolute Gasteiger partial charge is 0.410 e. The van der Waals surface area contributed by atoms with Crippen LogP contribution in [0.2, 0.25) is 0 Å². The van der Waals surface area contributed by atoms with E-state index in [4.69, 9.17) is 29.4 Å². The number of hydrogen-bond acceptors (Lipinski definition) is 11. The van der Waals surface area contributed by atoms with Crippen LogP contribution in [-0.2, 0) is 19.5 Å². The number of anilines is 3. The molecule has 1 aromatic carbocycles. The van der Waals surface area contributed by atoms with Crippen molar-refractivity contribution in [1.82, 2.24) is 34.1 Å². The summed E-state index contributed by atoms with van der Waals surface area (Å²) in [5, 5.41) is 6.76. The molecule has 3 aromatic heterocycles. The van der Waals surface area contributed by atoms with Gasteiger partial charge in [-0.3, -0.25) is 4.57 Å². The summed E-state index contributed by atoms with van der Waals surface area (Å²) in [6, 6.07) is 10.5. The Balaban J connectivity index is 1.22. The predicted octanol–water partition coefficient (Wildman–Crippen LogP) is 6.22. The number of imidazole rings is 1. The molecule has 6 rings (SSSR count). The Labute approximate surface area is 293 Å². The van der Waals surface area contributed by atoms with Crippen molar-refractivity contribution in [2.24, 2.45) is 0 Å². The van der Waals surface area contributed by atoms with Gasteiger partial charge in [0.2, 0.25) is 16.0 Å². The molecule has 0 bridgehead atoms. The van der Waals surface area contributed by atoms with Crippen LogP contribution in [-0.4, -0.2) is 80.8 Å². The summed E-state index contributed by atoms with van der Waals surface area (Å²) < 4.78 is 41.9. The lowest BCUT2D eigenvalue weighted by Crippen LogP contribution is -2.44. The van der Waals surface area contributed by atoms with Gasteiger partial charge >= 0.3 is 6.09 Å². The van der Waals surface area contributed by atoms with E-state index >= 15 is 0 Å². The quantitative estimate of drug-likeness (QED) is 0.191. The van der Waals surface area contributed by atoms with E-state index in [9.17, 15) is 13.2 Å². The Bertz CT molecular complexity index is 1900. The molecule has 4 aromatic rings. The van der Waals surface area contributed by atoms with Crippen molar-refractivity contribution < 1.29 is 22.7 Å². The number of rotatable bonds is 8. The van der Waals surface area contributed by atoms with Crippen molar-refractivity contribution in [2.45, 2.75) is 102 Å². The summed E-state index contributed by atoms with van der Waals surface area (Å²) in [5.74, 6) is 1.05. The highest BCUT2D eigenvalue weighted by Crippen LogP contribution is 2.32. The maximum Gasteiger partial charge on any atom is 0.410 e. The van der Waals surface area contributed by atoms with Gasteiger partial charge in [0.15, 0.2) is 5.65 Å². The molecule has 50 heavy (non-hydrogen) atoms. The number of carbonyl (C=O) groups excluding carboxylic acids is 1. The maximum atomic E-state index is 12.8. The van der Waals surface area contributed by atoms with E-state index < -0.39 is 21.2 Å². The van der Waals surface area contributed by atoms with Gasteiger partial charge in [0.05, 0.1) is 11.2 Å². The van der Waals surface area contributed by atoms with Gasteiger partial charge in [-0.2, -0.15) is 4.98 Å². The van der Waals surface area contributed by atoms with Gasteiger partial charge in [0.25, 0.3) is 0 Å². The molecule has 2 fully saturated rings. The van der Waals surface area contributed by atoms with E-state index in [0.717, 1.165) is 43.5 Å². The Kier molecular flexibility index (Phi) is 10.0. The predicted molar refractivity (Wildman–Crippen MR) is 192 cm³/mol. The van der Waals surface area contributed by atoms with Gasteiger partial charge in [-0.15, -0.1) is 0 Å². The molecule has 15 heteroatoms. The summed E-state index contributed by atoms with van der Waals surface area (Å²) in [5.41, 5.74) is 2.10. The van der Waals surface area contributed by atoms with Crippen molar-refractivity contribution >= 4 is 44.7 Å². The molecule has 3 N–H and O–H groups in total. The third kappa shape index (κ3) is 8.68. The largest absolute Gasteiger partial charge is 0.444 e. The highest BCUT2D eigenvalue weighted by atomic mass is 32.2. The van der Waals surface area contributed by atoms with Crippen LogP contribution < -0.4 is 15.4 Å². The maximum absolute atomic E-state index is 12.8. The third-order valence-corrected chi connectivity index (χ3v) is 10.1. The summed E-state index contributed by atoms with van der Waals surface area (Å²) in [6.45, 7) is 12.9. The number of nitrogens with one attached hydrogen (secondary N) is 3. The number of pyridine rings is 1. The van der Waals surface area contributed by atoms with E-state index in [1.807, 2.05) is 37.5 Å². The SMILES string of the molecule is CC(C)(C)NS(=O)(=O)c1ccc(Nc2nc(-c3ccc(NC4CCN(C(=O)OC(C)(C)C)CC4)nc3)c3ncn(C4CCCCO4)c3n2)cc1. The summed E-state index contributed by atoms with van der Waals surface area (Å²) in [4.78, 5) is 33.5. The van der Waals surface area contributed by atoms with Crippen LogP contribution in [0.4, 0.5) is 22.2 Å². The zero-order valence-corrected chi connectivity index (χ0v) is 30.4. The molecule has 14 nitrogen and oxygen atoms in total. The molecule has 0 spiro atoms. The number of benzene rings is 1. The van der Waals surface area contributed by atoms with Crippen LogP contribution in [0.1, 0.15) is 79.9 Å². The summed E-state index contributed by atoms with van der Waals surface area (Å²) in [6.07, 6.45) is 7.53. The number of sulfonamides is 1. The van der Waals surface area contributed by atoms with Crippen LogP contribution in [0, 0.1) is 0 Å². The molecular weight excluding hydrogens is 659 g/mol. The lowest BCUT2D eigenvalue weighted by atomic mass is 10.1. The fourth-order valence-corrected chi connectivity index (χ4v) is 7.42. The third-order valence-electron chi connectivity index (χ3n) is 8.28. The number of piperidine rings is 1. The minimum atomic E-state index is -3.68. The zero-order valence-electron chi connectivity index (χ0n) is 29.6. The Hall–Kier alpha value is -4.34.